The molecule has 1 atom stereocenters. The smallest absolute Gasteiger partial charge is 0.330 e. The standard InChI is InChI=1S/C15H21NO5/c1-11-6-3-4-7-13(11)21-9-5-8-14(18)16-12(10-17)15(19)20-2/h3-4,6-7,12,17H,5,8-10H2,1-2H3,(H,16,18). The number of carbonyl (C=O) groups excluding carboxylic acids is 2. The summed E-state index contributed by atoms with van der Waals surface area (Å²) >= 11 is 0. The number of nitrogens with one attached hydrogen (secondary N) is 1. The zero-order valence-corrected chi connectivity index (χ0v) is 12.3. The van der Waals surface area contributed by atoms with Gasteiger partial charge in [-0.2, -0.15) is 0 Å². The van der Waals surface area contributed by atoms with E-state index in [1.807, 2.05) is 31.2 Å². The van der Waals surface area contributed by atoms with Crippen molar-refractivity contribution in [1.82, 2.24) is 5.32 Å². The molecular weight excluding hydrogens is 274 g/mol. The van der Waals surface area contributed by atoms with Crippen molar-refractivity contribution >= 4 is 11.9 Å². The molecule has 0 spiro atoms. The summed E-state index contributed by atoms with van der Waals surface area (Å²) in [6, 6.07) is 6.62. The van der Waals surface area contributed by atoms with Crippen LogP contribution in [0.3, 0.4) is 0 Å². The molecule has 1 aromatic rings. The van der Waals surface area contributed by atoms with Crippen molar-refractivity contribution in [3.8, 4) is 5.75 Å². The topological polar surface area (TPSA) is 84.9 Å². The molecule has 0 aliphatic carbocycles. The molecule has 0 bridgehead atoms. The van der Waals surface area contributed by atoms with E-state index in [1.165, 1.54) is 7.11 Å². The van der Waals surface area contributed by atoms with E-state index in [-0.39, 0.29) is 12.3 Å². The van der Waals surface area contributed by atoms with Gasteiger partial charge in [-0.3, -0.25) is 4.79 Å². The molecule has 1 aromatic carbocycles. The second-order valence-corrected chi connectivity index (χ2v) is 4.54. The van der Waals surface area contributed by atoms with Crippen molar-refractivity contribution in [3.05, 3.63) is 29.8 Å². The number of hydrogen-bond donors (Lipinski definition) is 2. The van der Waals surface area contributed by atoms with Gasteiger partial charge in [-0.15, -0.1) is 0 Å². The second kappa shape index (κ2) is 8.97. The number of methoxy groups -OCH3 is 1. The fourth-order valence-electron chi connectivity index (χ4n) is 1.72. The first-order valence-corrected chi connectivity index (χ1v) is 6.75. The van der Waals surface area contributed by atoms with Crippen LogP contribution in [-0.2, 0) is 14.3 Å². The molecule has 1 amide bonds. The summed E-state index contributed by atoms with van der Waals surface area (Å²) < 4.78 is 10.0. The summed E-state index contributed by atoms with van der Waals surface area (Å²) in [5.41, 5.74) is 1.04. The summed E-state index contributed by atoms with van der Waals surface area (Å²) in [5, 5.41) is 11.4. The van der Waals surface area contributed by atoms with E-state index in [1.54, 1.807) is 0 Å². The Kier molecular flexibility index (Phi) is 7.25. The number of carbonyl (C=O) groups is 2. The SMILES string of the molecule is COC(=O)C(CO)NC(=O)CCCOc1ccccc1C. The van der Waals surface area contributed by atoms with Gasteiger partial charge in [0.15, 0.2) is 6.04 Å². The van der Waals surface area contributed by atoms with E-state index in [9.17, 15) is 9.59 Å². The molecule has 2 N–H and O–H groups in total. The van der Waals surface area contributed by atoms with E-state index < -0.39 is 18.6 Å². The van der Waals surface area contributed by atoms with Gasteiger partial charge in [0.25, 0.3) is 0 Å². The van der Waals surface area contributed by atoms with E-state index in [0.717, 1.165) is 11.3 Å². The molecule has 0 aromatic heterocycles. The molecule has 0 aliphatic heterocycles. The minimum atomic E-state index is -1.01. The molecule has 0 fully saturated rings. The first-order valence-electron chi connectivity index (χ1n) is 6.75. The van der Waals surface area contributed by atoms with Crippen molar-refractivity contribution < 1.29 is 24.2 Å². The third-order valence-electron chi connectivity index (χ3n) is 2.90. The van der Waals surface area contributed by atoms with Crippen LogP contribution >= 0.6 is 0 Å². The molecule has 1 rings (SSSR count). The Hall–Kier alpha value is -2.08. The molecular formula is C15H21NO5. The number of aliphatic hydroxyl groups is 1. The van der Waals surface area contributed by atoms with Gasteiger partial charge >= 0.3 is 5.97 Å². The van der Waals surface area contributed by atoms with E-state index in [0.29, 0.717) is 13.0 Å². The molecule has 6 heteroatoms. The average Bonchev–Trinajstić information content (AvgIpc) is 2.50. The monoisotopic (exact) mass is 295 g/mol. The van der Waals surface area contributed by atoms with Gasteiger partial charge in [0, 0.05) is 6.42 Å². The van der Waals surface area contributed by atoms with Gasteiger partial charge in [-0.25, -0.2) is 4.79 Å². The normalized spacial score (nSPS) is 11.6. The van der Waals surface area contributed by atoms with Crippen LogP contribution in [0, 0.1) is 6.92 Å². The highest BCUT2D eigenvalue weighted by atomic mass is 16.5. The predicted molar refractivity (Wildman–Crippen MR) is 76.9 cm³/mol. The van der Waals surface area contributed by atoms with Gasteiger partial charge in [0.2, 0.25) is 5.91 Å². The zero-order chi connectivity index (χ0) is 15.7. The van der Waals surface area contributed by atoms with Gasteiger partial charge in [0.1, 0.15) is 5.75 Å². The average molecular weight is 295 g/mol. The number of para-hydroxylation sites is 1. The predicted octanol–water partition coefficient (Wildman–Crippen LogP) is 0.804. The van der Waals surface area contributed by atoms with Crippen molar-refractivity contribution in [3.63, 3.8) is 0 Å². The van der Waals surface area contributed by atoms with Crippen LogP contribution < -0.4 is 10.1 Å². The third kappa shape index (κ3) is 5.83. The Morgan fingerprint density at radius 3 is 2.67 bits per heavy atom. The fraction of sp³-hybridized carbons (Fsp3) is 0.467. The number of hydrogen-bond acceptors (Lipinski definition) is 5. The van der Waals surface area contributed by atoms with E-state index >= 15 is 0 Å². The lowest BCUT2D eigenvalue weighted by Crippen LogP contribution is -2.44. The van der Waals surface area contributed by atoms with Crippen LogP contribution in [0.4, 0.5) is 0 Å². The molecule has 0 radical (unpaired) electrons. The van der Waals surface area contributed by atoms with Crippen molar-refractivity contribution in [2.45, 2.75) is 25.8 Å². The Morgan fingerprint density at radius 2 is 2.05 bits per heavy atom. The third-order valence-corrected chi connectivity index (χ3v) is 2.90. The van der Waals surface area contributed by atoms with E-state index in [2.05, 4.69) is 10.1 Å². The summed E-state index contributed by atoms with van der Waals surface area (Å²) in [5.74, 6) is -0.199. The van der Waals surface area contributed by atoms with Crippen molar-refractivity contribution in [1.29, 1.82) is 0 Å². The lowest BCUT2D eigenvalue weighted by molar-refractivity contribution is -0.146. The maximum atomic E-state index is 11.6. The maximum absolute atomic E-state index is 11.6. The van der Waals surface area contributed by atoms with Crippen LogP contribution in [-0.4, -0.2) is 43.3 Å². The van der Waals surface area contributed by atoms with Gasteiger partial charge in [-0.1, -0.05) is 18.2 Å². The molecule has 0 saturated carbocycles. The molecule has 0 aliphatic rings. The lowest BCUT2D eigenvalue weighted by atomic mass is 10.2. The Bertz CT molecular complexity index is 475. The number of aliphatic hydroxyl groups excluding tert-OH is 1. The quantitative estimate of drug-likeness (QED) is 0.547. The largest absolute Gasteiger partial charge is 0.493 e. The van der Waals surface area contributed by atoms with Crippen molar-refractivity contribution in [2.24, 2.45) is 0 Å². The van der Waals surface area contributed by atoms with E-state index in [4.69, 9.17) is 9.84 Å². The summed E-state index contributed by atoms with van der Waals surface area (Å²) in [6.45, 7) is 1.86. The number of rotatable bonds is 8. The van der Waals surface area contributed by atoms with Gasteiger partial charge in [0.05, 0.1) is 20.3 Å². The highest BCUT2D eigenvalue weighted by Crippen LogP contribution is 2.16. The number of aryl methyl sites for hydroxylation is 1. The minimum Gasteiger partial charge on any atom is -0.493 e. The molecule has 21 heavy (non-hydrogen) atoms. The molecule has 1 unspecified atom stereocenters. The highest BCUT2D eigenvalue weighted by molar-refractivity contribution is 5.84. The van der Waals surface area contributed by atoms with Crippen LogP contribution in [0.5, 0.6) is 5.75 Å². The summed E-state index contributed by atoms with van der Waals surface area (Å²) in [4.78, 5) is 22.8. The summed E-state index contributed by atoms with van der Waals surface area (Å²) in [7, 11) is 1.20. The highest BCUT2D eigenvalue weighted by Gasteiger charge is 2.19. The maximum Gasteiger partial charge on any atom is 0.330 e. The Labute approximate surface area is 124 Å². The minimum absolute atomic E-state index is 0.208. The van der Waals surface area contributed by atoms with Crippen LogP contribution in [0.15, 0.2) is 24.3 Å². The van der Waals surface area contributed by atoms with Gasteiger partial charge in [-0.05, 0) is 25.0 Å². The van der Waals surface area contributed by atoms with Crippen LogP contribution in [0.1, 0.15) is 18.4 Å². The first kappa shape index (κ1) is 17.0. The molecule has 6 nitrogen and oxygen atoms in total. The molecule has 116 valence electrons. The van der Waals surface area contributed by atoms with Crippen LogP contribution in [0.25, 0.3) is 0 Å². The zero-order valence-electron chi connectivity index (χ0n) is 12.3. The van der Waals surface area contributed by atoms with Crippen molar-refractivity contribution in [2.75, 3.05) is 20.3 Å². The number of amides is 1. The first-order chi connectivity index (χ1) is 10.1. The lowest BCUT2D eigenvalue weighted by Gasteiger charge is -2.14. The second-order valence-electron chi connectivity index (χ2n) is 4.54. The number of esters is 1. The summed E-state index contributed by atoms with van der Waals surface area (Å²) in [6.07, 6.45) is 0.721. The molecule has 0 saturated heterocycles. The fourth-order valence-corrected chi connectivity index (χ4v) is 1.72. The van der Waals surface area contributed by atoms with Gasteiger partial charge < -0.3 is 19.9 Å². The number of benzene rings is 1. The van der Waals surface area contributed by atoms with Crippen LogP contribution in [0.2, 0.25) is 0 Å². The molecule has 0 heterocycles. The Balaban J connectivity index is 2.27. The Morgan fingerprint density at radius 1 is 1.33 bits per heavy atom. The number of ether oxygens (including phenoxy) is 2.